The maximum absolute atomic E-state index is 14.1. The summed E-state index contributed by atoms with van der Waals surface area (Å²) in [6.45, 7) is 6.81. The van der Waals surface area contributed by atoms with Crippen LogP contribution >= 0.6 is 0 Å². The number of carbonyl (C=O) groups is 1. The van der Waals surface area contributed by atoms with Gasteiger partial charge < -0.3 is 39.8 Å². The minimum atomic E-state index is -3.92. The monoisotopic (exact) mass is 815 g/mol. The molecule has 14 nitrogen and oxygen atoms in total. The van der Waals surface area contributed by atoms with Crippen LogP contribution in [-0.2, 0) is 35.9 Å². The number of ether oxygens (including phenoxy) is 4. The molecule has 3 aromatic carbocycles. The number of benzene rings is 3. The van der Waals surface area contributed by atoms with Gasteiger partial charge in [0.05, 0.1) is 41.6 Å². The number of alkyl carbamates (subject to hydrolysis) is 1. The molecule has 1 aliphatic carbocycles. The third-order valence-corrected chi connectivity index (χ3v) is 15.1. The molecule has 4 N–H and O–H groups in total. The zero-order chi connectivity index (χ0) is 40.1. The number of carbonyl (C=O) groups excluding carboxylic acids is 1. The highest BCUT2D eigenvalue weighted by Gasteiger charge is 2.54. The van der Waals surface area contributed by atoms with E-state index in [0.717, 1.165) is 23.2 Å². The molecule has 2 heterocycles. The second-order valence-electron chi connectivity index (χ2n) is 15.1. The fourth-order valence-electron chi connectivity index (χ4n) is 7.08. The van der Waals surface area contributed by atoms with Crippen molar-refractivity contribution in [2.24, 2.45) is 0 Å². The molecule has 56 heavy (non-hydrogen) atoms. The lowest BCUT2D eigenvalue weighted by Crippen LogP contribution is -2.46. The van der Waals surface area contributed by atoms with Crippen LogP contribution in [0.25, 0.3) is 11.1 Å². The molecular formula is C40H53N3O11S2. The first-order chi connectivity index (χ1) is 26.7. The molecule has 16 heteroatoms. The third-order valence-electron chi connectivity index (χ3n) is 10.7. The Balaban J connectivity index is 0.980. The molecule has 0 bridgehead atoms. The van der Waals surface area contributed by atoms with E-state index in [9.17, 15) is 31.8 Å². The van der Waals surface area contributed by atoms with E-state index in [-0.39, 0.29) is 48.4 Å². The van der Waals surface area contributed by atoms with Crippen LogP contribution in [0.4, 0.5) is 4.79 Å². The topological polar surface area (TPSA) is 190 Å². The van der Waals surface area contributed by atoms with Crippen molar-refractivity contribution in [3.63, 3.8) is 0 Å². The van der Waals surface area contributed by atoms with Crippen molar-refractivity contribution in [1.82, 2.24) is 14.9 Å². The molecule has 2 atom stereocenters. The van der Waals surface area contributed by atoms with Crippen molar-refractivity contribution in [3.05, 3.63) is 72.3 Å². The minimum Gasteiger partial charge on any atom is -0.492 e. The Kier molecular flexibility index (Phi) is 13.0. The van der Waals surface area contributed by atoms with Crippen LogP contribution in [0.1, 0.15) is 58.4 Å². The molecule has 6 rings (SSSR count). The van der Waals surface area contributed by atoms with Gasteiger partial charge in [0.15, 0.2) is 9.84 Å². The summed E-state index contributed by atoms with van der Waals surface area (Å²) in [6, 6.07) is 19.6. The zero-order valence-electron chi connectivity index (χ0n) is 32.1. The van der Waals surface area contributed by atoms with E-state index in [2.05, 4.69) is 24.5 Å². The van der Waals surface area contributed by atoms with Crippen LogP contribution < -0.4 is 20.1 Å². The maximum Gasteiger partial charge on any atom is 0.407 e. The van der Waals surface area contributed by atoms with Crippen LogP contribution in [0.3, 0.4) is 0 Å². The Morgan fingerprint density at radius 1 is 0.964 bits per heavy atom. The van der Waals surface area contributed by atoms with Gasteiger partial charge in [-0.2, -0.15) is 4.31 Å². The number of nitrogens with one attached hydrogen (secondary N) is 2. The van der Waals surface area contributed by atoms with Gasteiger partial charge in [-0.15, -0.1) is 0 Å². The van der Waals surface area contributed by atoms with Gasteiger partial charge in [0, 0.05) is 32.1 Å². The van der Waals surface area contributed by atoms with Crippen molar-refractivity contribution in [2.45, 2.75) is 97.8 Å². The first-order valence-corrected chi connectivity index (χ1v) is 22.1. The minimum absolute atomic E-state index is 0.0371. The Labute approximate surface area is 329 Å². The summed E-state index contributed by atoms with van der Waals surface area (Å²) in [5.41, 5.74) is 2.16. The number of aliphatic hydroxyl groups is 2. The van der Waals surface area contributed by atoms with Crippen LogP contribution in [0.2, 0.25) is 0 Å². The van der Waals surface area contributed by atoms with Crippen molar-refractivity contribution < 1.29 is 50.8 Å². The standard InChI is InChI=1S/C40H53N3O11S2/c1-4-51-36-13-12-31(30-10-8-29(9-11-30)23-41-28(2)3)20-37(36)56(49,50)43-18-16-39(17-19-43)22-34(26-53-39)54-38(46)42-24-32(45)25-52-33-6-5-7-35(21-33)55(47,48)40(27-44)14-15-40/h5-13,20-21,28,32,34,41,44-45H,4,14-19,22-27H2,1-3H3,(H,42,46)/t32-,34+/m0/s1. The predicted molar refractivity (Wildman–Crippen MR) is 209 cm³/mol. The molecule has 1 spiro atoms. The molecule has 2 saturated heterocycles. The van der Waals surface area contributed by atoms with Crippen molar-refractivity contribution in [2.75, 3.05) is 46.1 Å². The van der Waals surface area contributed by atoms with Crippen molar-refractivity contribution in [1.29, 1.82) is 0 Å². The molecule has 0 unspecified atom stereocenters. The van der Waals surface area contributed by atoms with Gasteiger partial charge in [0.25, 0.3) is 0 Å². The van der Waals surface area contributed by atoms with Crippen molar-refractivity contribution >= 4 is 26.0 Å². The normalized spacial score (nSPS) is 19.8. The molecule has 3 aliphatic rings. The largest absolute Gasteiger partial charge is 0.492 e. The number of nitrogens with zero attached hydrogens (tertiary/aromatic N) is 1. The molecule has 0 radical (unpaired) electrons. The van der Waals surface area contributed by atoms with Crippen LogP contribution in [0.5, 0.6) is 11.5 Å². The van der Waals surface area contributed by atoms with Crippen molar-refractivity contribution in [3.8, 4) is 22.6 Å². The molecule has 3 aromatic rings. The SMILES string of the molecule is CCOc1ccc(-c2ccc(CNC(C)C)cc2)cc1S(=O)(=O)N1CCC2(CC1)C[C@@H](OC(=O)NC[C@H](O)COc1cccc(S(=O)(=O)C3(CO)CC3)c1)CO2. The number of aliphatic hydroxyl groups excluding tert-OH is 2. The van der Waals surface area contributed by atoms with E-state index in [0.29, 0.717) is 50.5 Å². The highest BCUT2D eigenvalue weighted by atomic mass is 32.2. The number of hydrogen-bond donors (Lipinski definition) is 4. The molecule has 0 aromatic heterocycles. The Morgan fingerprint density at radius 3 is 2.34 bits per heavy atom. The Bertz CT molecular complexity index is 2050. The van der Waals surface area contributed by atoms with E-state index in [4.69, 9.17) is 18.9 Å². The molecule has 2 aliphatic heterocycles. The van der Waals surface area contributed by atoms with E-state index in [1.165, 1.54) is 22.5 Å². The van der Waals surface area contributed by atoms with Gasteiger partial charge in [-0.1, -0.05) is 50.2 Å². The summed E-state index contributed by atoms with van der Waals surface area (Å²) in [6.07, 6.45) is -0.383. The predicted octanol–water partition coefficient (Wildman–Crippen LogP) is 4.03. The lowest BCUT2D eigenvalue weighted by atomic mass is 9.89. The van der Waals surface area contributed by atoms with E-state index < -0.39 is 55.1 Å². The first-order valence-electron chi connectivity index (χ1n) is 19.1. The number of amides is 1. The average molecular weight is 816 g/mol. The Morgan fingerprint density at radius 2 is 1.68 bits per heavy atom. The summed E-state index contributed by atoms with van der Waals surface area (Å²) >= 11 is 0. The molecule has 1 saturated carbocycles. The molecule has 306 valence electrons. The third kappa shape index (κ3) is 9.50. The fraction of sp³-hybridized carbons (Fsp3) is 0.525. The number of hydrogen-bond acceptors (Lipinski definition) is 12. The fourth-order valence-corrected chi connectivity index (χ4v) is 10.5. The number of piperidine rings is 1. The quantitative estimate of drug-likeness (QED) is 0.153. The van der Waals surface area contributed by atoms with Gasteiger partial charge in [-0.25, -0.2) is 21.6 Å². The van der Waals surface area contributed by atoms with Gasteiger partial charge >= 0.3 is 6.09 Å². The number of sulfonamides is 1. The second kappa shape index (κ2) is 17.4. The first kappa shape index (κ1) is 41.9. The summed E-state index contributed by atoms with van der Waals surface area (Å²) in [5.74, 6) is 0.529. The van der Waals surface area contributed by atoms with E-state index in [1.54, 1.807) is 18.2 Å². The summed E-state index contributed by atoms with van der Waals surface area (Å²) < 4.78 is 77.4. The lowest BCUT2D eigenvalue weighted by Gasteiger charge is -2.38. The van der Waals surface area contributed by atoms with Crippen LogP contribution in [0.15, 0.2) is 76.5 Å². The highest BCUT2D eigenvalue weighted by molar-refractivity contribution is 7.93. The number of sulfone groups is 1. The summed E-state index contributed by atoms with van der Waals surface area (Å²) in [4.78, 5) is 12.8. The van der Waals surface area contributed by atoms with Crippen LogP contribution in [0, 0.1) is 0 Å². The van der Waals surface area contributed by atoms with E-state index >= 15 is 0 Å². The smallest absolute Gasteiger partial charge is 0.407 e. The average Bonchev–Trinajstić information content (AvgIpc) is 3.92. The van der Waals surface area contributed by atoms with Gasteiger partial charge in [-0.05, 0) is 79.6 Å². The van der Waals surface area contributed by atoms with Gasteiger partial charge in [0.2, 0.25) is 10.0 Å². The van der Waals surface area contributed by atoms with Crippen LogP contribution in [-0.4, -0.2) is 112 Å². The van der Waals surface area contributed by atoms with Gasteiger partial charge in [-0.3, -0.25) is 0 Å². The highest BCUT2D eigenvalue weighted by Crippen LogP contribution is 2.46. The molecule has 1 amide bonds. The second-order valence-corrected chi connectivity index (χ2v) is 19.4. The molecular weight excluding hydrogens is 763 g/mol. The summed E-state index contributed by atoms with van der Waals surface area (Å²) in [7, 11) is -7.66. The van der Waals surface area contributed by atoms with E-state index in [1.807, 2.05) is 37.3 Å². The Hall–Kier alpha value is -3.77. The summed E-state index contributed by atoms with van der Waals surface area (Å²) in [5, 5.41) is 25.9. The van der Waals surface area contributed by atoms with Gasteiger partial charge in [0.1, 0.15) is 35.2 Å². The maximum atomic E-state index is 14.1. The lowest BCUT2D eigenvalue weighted by molar-refractivity contribution is -0.0325. The molecule has 3 fully saturated rings. The number of rotatable bonds is 17. The zero-order valence-corrected chi connectivity index (χ0v) is 33.7.